The van der Waals surface area contributed by atoms with Gasteiger partial charge in [-0.05, 0) is 30.9 Å². The van der Waals surface area contributed by atoms with Crippen molar-refractivity contribution in [2.45, 2.75) is 38.5 Å². The Balaban J connectivity index is 1.56. The molecule has 5 heteroatoms. The Morgan fingerprint density at radius 3 is 2.26 bits per heavy atom. The van der Waals surface area contributed by atoms with Gasteiger partial charge in [-0.1, -0.05) is 60.7 Å². The number of nitrogens with zero attached hydrogens (tertiary/aromatic N) is 1. The van der Waals surface area contributed by atoms with Crippen molar-refractivity contribution in [1.82, 2.24) is 4.90 Å². The van der Waals surface area contributed by atoms with E-state index < -0.39 is 18.1 Å². The quantitative estimate of drug-likeness (QED) is 0.388. The first-order chi connectivity index (χ1) is 13.2. The molecule has 1 amide bonds. The molecule has 1 aliphatic rings. The third-order valence-electron chi connectivity index (χ3n) is 4.62. The van der Waals surface area contributed by atoms with Gasteiger partial charge >= 0.3 is 5.97 Å². The maximum atomic E-state index is 12.5. The van der Waals surface area contributed by atoms with Crippen molar-refractivity contribution >= 4 is 11.9 Å². The highest BCUT2D eigenvalue weighted by molar-refractivity contribution is 5.99. The van der Waals surface area contributed by atoms with Crippen molar-refractivity contribution in [2.75, 3.05) is 13.2 Å². The molecule has 2 atom stereocenters. The molecule has 5 nitrogen and oxygen atoms in total. The van der Waals surface area contributed by atoms with E-state index in [4.69, 9.17) is 9.47 Å². The molecule has 2 aromatic carbocycles. The third-order valence-corrected chi connectivity index (χ3v) is 4.62. The summed E-state index contributed by atoms with van der Waals surface area (Å²) in [5, 5.41) is 0. The van der Waals surface area contributed by atoms with Gasteiger partial charge in [0.15, 0.2) is 12.1 Å². The van der Waals surface area contributed by atoms with Crippen LogP contribution in [0.15, 0.2) is 60.7 Å². The minimum atomic E-state index is -0.747. The fourth-order valence-electron chi connectivity index (χ4n) is 3.25. The lowest BCUT2D eigenvalue weighted by Gasteiger charge is -2.44. The van der Waals surface area contributed by atoms with Crippen LogP contribution in [0.1, 0.15) is 24.5 Å². The van der Waals surface area contributed by atoms with E-state index in [0.29, 0.717) is 13.2 Å². The molecular formula is C22H25NO4. The molecule has 1 saturated heterocycles. The van der Waals surface area contributed by atoms with Crippen LogP contribution in [0.2, 0.25) is 0 Å². The van der Waals surface area contributed by atoms with Crippen molar-refractivity contribution in [3.8, 4) is 0 Å². The predicted molar refractivity (Wildman–Crippen MR) is 102 cm³/mol. The van der Waals surface area contributed by atoms with Crippen LogP contribution >= 0.6 is 0 Å². The summed E-state index contributed by atoms with van der Waals surface area (Å²) in [5.41, 5.74) is 2.20. The molecule has 0 saturated carbocycles. The van der Waals surface area contributed by atoms with Gasteiger partial charge in [0, 0.05) is 13.2 Å². The molecule has 0 aliphatic carbocycles. The van der Waals surface area contributed by atoms with Crippen molar-refractivity contribution in [2.24, 2.45) is 0 Å². The lowest BCUT2D eigenvalue weighted by molar-refractivity contribution is -0.189. The van der Waals surface area contributed by atoms with E-state index in [2.05, 4.69) is 12.1 Å². The summed E-state index contributed by atoms with van der Waals surface area (Å²) in [4.78, 5) is 26.4. The summed E-state index contributed by atoms with van der Waals surface area (Å²) in [5.74, 6) is -0.558. The summed E-state index contributed by atoms with van der Waals surface area (Å²) in [6.07, 6.45) is 0.922. The standard InChI is InChI=1S/C22H25NO4/c1-2-26-22(25)19-20(27-15-9-14-17-10-5-3-6-11-17)21(24)23(19)16-18-12-7-4-8-13-18/h3-8,10-13,19-20H,2,9,14-16H2,1H3. The number of likely N-dealkylation sites (tertiary alicyclic amines) is 1. The number of hydrogen-bond acceptors (Lipinski definition) is 4. The minimum absolute atomic E-state index is 0.156. The zero-order valence-electron chi connectivity index (χ0n) is 15.5. The van der Waals surface area contributed by atoms with Crippen LogP contribution < -0.4 is 0 Å². The first kappa shape index (κ1) is 19.1. The number of carbonyl (C=O) groups excluding carboxylic acids is 2. The van der Waals surface area contributed by atoms with Gasteiger partial charge < -0.3 is 14.4 Å². The van der Waals surface area contributed by atoms with Crippen LogP contribution in [0.3, 0.4) is 0 Å². The van der Waals surface area contributed by atoms with Crippen molar-refractivity contribution < 1.29 is 19.1 Å². The van der Waals surface area contributed by atoms with Crippen LogP contribution in [-0.2, 0) is 32.0 Å². The second-order valence-corrected chi connectivity index (χ2v) is 6.53. The molecule has 0 aromatic heterocycles. The second kappa shape index (κ2) is 9.33. The summed E-state index contributed by atoms with van der Waals surface area (Å²) >= 11 is 0. The summed E-state index contributed by atoms with van der Waals surface area (Å²) < 4.78 is 10.9. The first-order valence-corrected chi connectivity index (χ1v) is 9.37. The molecule has 3 rings (SSSR count). The van der Waals surface area contributed by atoms with Crippen LogP contribution in [0.4, 0.5) is 0 Å². The molecule has 1 fully saturated rings. The molecule has 2 aromatic rings. The van der Waals surface area contributed by atoms with Crippen LogP contribution in [-0.4, -0.2) is 42.1 Å². The minimum Gasteiger partial charge on any atom is -0.464 e. The Bertz CT molecular complexity index is 747. The third kappa shape index (κ3) is 4.74. The van der Waals surface area contributed by atoms with Crippen molar-refractivity contribution in [3.05, 3.63) is 71.8 Å². The van der Waals surface area contributed by atoms with E-state index >= 15 is 0 Å². The molecule has 27 heavy (non-hydrogen) atoms. The number of aryl methyl sites for hydroxylation is 1. The fourth-order valence-corrected chi connectivity index (χ4v) is 3.25. The molecule has 0 N–H and O–H groups in total. The zero-order chi connectivity index (χ0) is 19.1. The smallest absolute Gasteiger partial charge is 0.332 e. The van der Waals surface area contributed by atoms with Crippen molar-refractivity contribution in [3.63, 3.8) is 0 Å². The molecule has 0 radical (unpaired) electrons. The molecular weight excluding hydrogens is 342 g/mol. The summed E-state index contributed by atoms with van der Waals surface area (Å²) in [6, 6.07) is 19.1. The lowest BCUT2D eigenvalue weighted by atomic mass is 9.96. The Labute approximate surface area is 159 Å². The predicted octanol–water partition coefficient (Wildman–Crippen LogP) is 2.98. The molecule has 2 unspecified atom stereocenters. The van der Waals surface area contributed by atoms with Crippen LogP contribution in [0.5, 0.6) is 0 Å². The van der Waals surface area contributed by atoms with E-state index in [1.807, 2.05) is 48.5 Å². The Kier molecular flexibility index (Phi) is 6.60. The van der Waals surface area contributed by atoms with E-state index in [1.165, 1.54) is 10.5 Å². The van der Waals surface area contributed by atoms with Gasteiger partial charge in [0.1, 0.15) is 0 Å². The van der Waals surface area contributed by atoms with E-state index in [9.17, 15) is 9.59 Å². The number of rotatable bonds is 9. The maximum Gasteiger partial charge on any atom is 0.332 e. The number of benzene rings is 2. The van der Waals surface area contributed by atoms with Crippen LogP contribution in [0, 0.1) is 0 Å². The number of carbonyl (C=O) groups is 2. The summed E-state index contributed by atoms with van der Waals surface area (Å²) in [7, 11) is 0. The average molecular weight is 367 g/mol. The number of β-lactam (4-membered cyclic amide) rings is 1. The van der Waals surface area contributed by atoms with Gasteiger partial charge in [-0.15, -0.1) is 0 Å². The molecule has 0 bridgehead atoms. The lowest BCUT2D eigenvalue weighted by Crippen LogP contribution is -2.68. The Morgan fingerprint density at radius 2 is 1.63 bits per heavy atom. The molecule has 142 valence electrons. The van der Waals surface area contributed by atoms with Gasteiger partial charge in [0.05, 0.1) is 6.61 Å². The maximum absolute atomic E-state index is 12.5. The average Bonchev–Trinajstić information content (AvgIpc) is 2.70. The zero-order valence-corrected chi connectivity index (χ0v) is 15.5. The normalized spacial score (nSPS) is 18.9. The number of amides is 1. The van der Waals surface area contributed by atoms with Gasteiger partial charge in [0.2, 0.25) is 0 Å². The number of esters is 1. The van der Waals surface area contributed by atoms with E-state index in [1.54, 1.807) is 6.92 Å². The Morgan fingerprint density at radius 1 is 1.00 bits per heavy atom. The van der Waals surface area contributed by atoms with Gasteiger partial charge in [-0.25, -0.2) is 4.79 Å². The van der Waals surface area contributed by atoms with Crippen LogP contribution in [0.25, 0.3) is 0 Å². The van der Waals surface area contributed by atoms with E-state index in [-0.39, 0.29) is 12.5 Å². The number of ether oxygens (including phenoxy) is 2. The van der Waals surface area contributed by atoms with Crippen molar-refractivity contribution in [1.29, 1.82) is 0 Å². The Hall–Kier alpha value is -2.66. The van der Waals surface area contributed by atoms with Gasteiger partial charge in [0.25, 0.3) is 5.91 Å². The highest BCUT2D eigenvalue weighted by Crippen LogP contribution is 2.27. The molecule has 0 spiro atoms. The molecule has 1 heterocycles. The summed E-state index contributed by atoms with van der Waals surface area (Å²) in [6.45, 7) is 2.85. The van der Waals surface area contributed by atoms with Gasteiger partial charge in [-0.3, -0.25) is 4.79 Å². The highest BCUT2D eigenvalue weighted by Gasteiger charge is 2.53. The first-order valence-electron chi connectivity index (χ1n) is 9.37. The van der Waals surface area contributed by atoms with E-state index in [0.717, 1.165) is 18.4 Å². The largest absolute Gasteiger partial charge is 0.464 e. The van der Waals surface area contributed by atoms with Gasteiger partial charge in [-0.2, -0.15) is 0 Å². The SMILES string of the molecule is CCOC(=O)C1C(OCCCc2ccccc2)C(=O)N1Cc1ccccc1. The second-order valence-electron chi connectivity index (χ2n) is 6.53. The molecule has 1 aliphatic heterocycles. The monoisotopic (exact) mass is 367 g/mol. The topological polar surface area (TPSA) is 55.8 Å². The highest BCUT2D eigenvalue weighted by atomic mass is 16.5. The fraction of sp³-hybridized carbons (Fsp3) is 0.364. The number of hydrogen-bond donors (Lipinski definition) is 0.